The lowest BCUT2D eigenvalue weighted by Gasteiger charge is -2.17. The zero-order valence-electron chi connectivity index (χ0n) is 18.7. The maximum Gasteiger partial charge on any atom is 0.322 e. The van der Waals surface area contributed by atoms with Crippen LogP contribution in [0.15, 0.2) is 65.0 Å². The fraction of sp³-hybridized carbons (Fsp3) is 0.240. The lowest BCUT2D eigenvalue weighted by molar-refractivity contribution is -0.138. The zero-order valence-corrected chi connectivity index (χ0v) is 20.3. The van der Waals surface area contributed by atoms with Gasteiger partial charge in [-0.25, -0.2) is 12.8 Å². The molecule has 0 saturated carbocycles. The molecule has 1 atom stereocenters. The van der Waals surface area contributed by atoms with Crippen molar-refractivity contribution in [3.05, 3.63) is 72.2 Å². The first kappa shape index (κ1) is 23.5. The summed E-state index contributed by atoms with van der Waals surface area (Å²) in [5, 5.41) is 10.2. The molecule has 35 heavy (non-hydrogen) atoms. The van der Waals surface area contributed by atoms with Crippen LogP contribution in [-0.2, 0) is 21.2 Å². The summed E-state index contributed by atoms with van der Waals surface area (Å²) in [4.78, 5) is 18.0. The minimum absolute atomic E-state index is 0.0346. The molecule has 1 aliphatic heterocycles. The quantitative estimate of drug-likeness (QED) is 0.319. The Balaban J connectivity index is 1.34. The van der Waals surface area contributed by atoms with Crippen molar-refractivity contribution in [2.75, 3.05) is 18.0 Å². The minimum Gasteiger partial charge on any atom is -0.480 e. The largest absolute Gasteiger partial charge is 0.480 e. The number of nitrogens with one attached hydrogen (secondary N) is 2. The molecule has 3 N–H and O–H groups in total. The van der Waals surface area contributed by atoms with Gasteiger partial charge in [0.1, 0.15) is 16.1 Å². The van der Waals surface area contributed by atoms with Crippen LogP contribution >= 0.6 is 11.3 Å². The summed E-state index contributed by atoms with van der Waals surface area (Å²) in [6.45, 7) is 2.09. The number of hydrogen-bond acceptors (Lipinski definition) is 5. The second kappa shape index (κ2) is 9.44. The van der Waals surface area contributed by atoms with E-state index in [1.165, 1.54) is 31.0 Å². The number of carboxylic acids is 1. The van der Waals surface area contributed by atoms with Gasteiger partial charge in [-0.3, -0.25) is 4.79 Å². The SMILES string of the molecule is O=C(O)C(Cc1c[nH]c2ccc(F)cc12)NS(=O)(=O)c1ccc(-c2ccc(N3CCCC3)cc2)s1. The van der Waals surface area contributed by atoms with Gasteiger partial charge in [0.05, 0.1) is 0 Å². The zero-order chi connectivity index (χ0) is 24.6. The molecule has 2 aromatic carbocycles. The van der Waals surface area contributed by atoms with Gasteiger partial charge < -0.3 is 15.0 Å². The Morgan fingerprint density at radius 1 is 1.11 bits per heavy atom. The third-order valence-electron chi connectivity index (χ3n) is 6.22. The van der Waals surface area contributed by atoms with E-state index in [4.69, 9.17) is 0 Å². The highest BCUT2D eigenvalue weighted by molar-refractivity contribution is 7.91. The number of fused-ring (bicyclic) bond motifs is 1. The number of anilines is 1. The normalized spacial score (nSPS) is 15.1. The Morgan fingerprint density at radius 2 is 1.86 bits per heavy atom. The van der Waals surface area contributed by atoms with E-state index < -0.39 is 27.9 Å². The molecule has 1 saturated heterocycles. The van der Waals surface area contributed by atoms with Gasteiger partial charge >= 0.3 is 5.97 Å². The lowest BCUT2D eigenvalue weighted by Crippen LogP contribution is -2.41. The predicted octanol–water partition coefficient (Wildman–Crippen LogP) is 4.61. The molecule has 5 rings (SSSR count). The molecule has 1 aliphatic rings. The van der Waals surface area contributed by atoms with Gasteiger partial charge in [-0.05, 0) is 66.4 Å². The Hall–Kier alpha value is -3.21. The molecule has 7 nitrogen and oxygen atoms in total. The smallest absolute Gasteiger partial charge is 0.322 e. The molecular formula is C25H24FN3O4S2. The summed E-state index contributed by atoms with van der Waals surface area (Å²) >= 11 is 1.08. The molecule has 182 valence electrons. The third kappa shape index (κ3) is 4.95. The van der Waals surface area contributed by atoms with E-state index in [-0.39, 0.29) is 10.6 Å². The Kier molecular flexibility index (Phi) is 6.35. The fourth-order valence-corrected chi connectivity index (χ4v) is 6.91. The van der Waals surface area contributed by atoms with Gasteiger partial charge in [-0.1, -0.05) is 12.1 Å². The van der Waals surface area contributed by atoms with Gasteiger partial charge in [0.25, 0.3) is 10.0 Å². The van der Waals surface area contributed by atoms with Crippen LogP contribution in [0.3, 0.4) is 0 Å². The molecule has 0 radical (unpaired) electrons. The molecule has 4 aromatic rings. The molecule has 0 amide bonds. The number of carboxylic acid groups (broad SMARTS) is 1. The number of carbonyl (C=O) groups is 1. The summed E-state index contributed by atoms with van der Waals surface area (Å²) < 4.78 is 42.1. The third-order valence-corrected chi connectivity index (χ3v) is 9.32. The summed E-state index contributed by atoms with van der Waals surface area (Å²) in [6.07, 6.45) is 3.82. The summed E-state index contributed by atoms with van der Waals surface area (Å²) in [6, 6.07) is 14.0. The van der Waals surface area contributed by atoms with Gasteiger partial charge in [0.15, 0.2) is 0 Å². The fourth-order valence-electron chi connectivity index (χ4n) is 4.40. The topological polar surface area (TPSA) is 102 Å². The Bertz CT molecular complexity index is 1470. The number of hydrogen-bond donors (Lipinski definition) is 3. The van der Waals surface area contributed by atoms with E-state index in [0.717, 1.165) is 40.6 Å². The van der Waals surface area contributed by atoms with Crippen molar-refractivity contribution < 1.29 is 22.7 Å². The van der Waals surface area contributed by atoms with Crippen molar-refractivity contribution in [1.29, 1.82) is 0 Å². The van der Waals surface area contributed by atoms with E-state index in [9.17, 15) is 22.7 Å². The monoisotopic (exact) mass is 513 g/mol. The van der Waals surface area contributed by atoms with Crippen molar-refractivity contribution in [2.45, 2.75) is 29.5 Å². The van der Waals surface area contributed by atoms with Crippen molar-refractivity contribution in [1.82, 2.24) is 9.71 Å². The van der Waals surface area contributed by atoms with Gasteiger partial charge in [0, 0.05) is 47.2 Å². The molecule has 3 heterocycles. The minimum atomic E-state index is -4.08. The highest BCUT2D eigenvalue weighted by atomic mass is 32.2. The molecular weight excluding hydrogens is 489 g/mol. The predicted molar refractivity (Wildman–Crippen MR) is 135 cm³/mol. The van der Waals surface area contributed by atoms with Gasteiger partial charge in [0.2, 0.25) is 0 Å². The molecule has 0 aliphatic carbocycles. The second-order valence-corrected chi connectivity index (χ2v) is 11.6. The van der Waals surface area contributed by atoms with E-state index in [1.807, 2.05) is 24.3 Å². The number of aliphatic carboxylic acids is 1. The maximum absolute atomic E-state index is 13.7. The number of halogens is 1. The first-order chi connectivity index (χ1) is 16.8. The first-order valence-corrected chi connectivity index (χ1v) is 13.6. The van der Waals surface area contributed by atoms with Crippen LogP contribution in [0.1, 0.15) is 18.4 Å². The number of thiophene rings is 1. The van der Waals surface area contributed by atoms with Gasteiger partial charge in [-0.2, -0.15) is 4.72 Å². The maximum atomic E-state index is 13.7. The molecule has 0 spiro atoms. The molecule has 10 heteroatoms. The standard InChI is InChI=1S/C25H24FN3O4S2/c26-18-5-8-21-20(14-18)17(15-27-21)13-22(25(30)31)28-35(32,33)24-10-9-23(34-24)16-3-6-19(7-4-16)29-11-1-2-12-29/h3-10,14-15,22,27-28H,1-2,11-13H2,(H,30,31). The number of aromatic nitrogens is 1. The highest BCUT2D eigenvalue weighted by Crippen LogP contribution is 2.32. The molecule has 2 aromatic heterocycles. The number of aromatic amines is 1. The highest BCUT2D eigenvalue weighted by Gasteiger charge is 2.28. The van der Waals surface area contributed by atoms with Crippen LogP contribution in [0.25, 0.3) is 21.3 Å². The van der Waals surface area contributed by atoms with Crippen molar-refractivity contribution in [2.24, 2.45) is 0 Å². The van der Waals surface area contributed by atoms with E-state index >= 15 is 0 Å². The van der Waals surface area contributed by atoms with Crippen LogP contribution in [-0.4, -0.2) is 43.6 Å². The summed E-state index contributed by atoms with van der Waals surface area (Å²) in [5.41, 5.74) is 3.21. The van der Waals surface area contributed by atoms with Crippen LogP contribution in [0, 0.1) is 5.82 Å². The number of sulfonamides is 1. The van der Waals surface area contributed by atoms with Crippen LogP contribution in [0.5, 0.6) is 0 Å². The number of rotatable bonds is 8. The lowest BCUT2D eigenvalue weighted by atomic mass is 10.1. The average molecular weight is 514 g/mol. The van der Waals surface area contributed by atoms with Crippen LogP contribution in [0.2, 0.25) is 0 Å². The Labute approximate surface area is 206 Å². The Morgan fingerprint density at radius 3 is 2.57 bits per heavy atom. The second-order valence-electron chi connectivity index (χ2n) is 8.58. The van der Waals surface area contributed by atoms with E-state index in [2.05, 4.69) is 14.6 Å². The first-order valence-electron chi connectivity index (χ1n) is 11.3. The summed E-state index contributed by atoms with van der Waals surface area (Å²) in [7, 11) is -4.08. The van der Waals surface area contributed by atoms with Crippen LogP contribution in [0.4, 0.5) is 10.1 Å². The number of H-pyrrole nitrogens is 1. The van der Waals surface area contributed by atoms with Crippen molar-refractivity contribution >= 4 is 43.9 Å². The van der Waals surface area contributed by atoms with E-state index in [0.29, 0.717) is 16.5 Å². The van der Waals surface area contributed by atoms with Crippen LogP contribution < -0.4 is 9.62 Å². The van der Waals surface area contributed by atoms with E-state index in [1.54, 1.807) is 18.3 Å². The number of nitrogens with zero attached hydrogens (tertiary/aromatic N) is 1. The molecule has 0 bridgehead atoms. The average Bonchev–Trinajstić information content (AvgIpc) is 3.60. The molecule has 1 fully saturated rings. The van der Waals surface area contributed by atoms with Crippen molar-refractivity contribution in [3.63, 3.8) is 0 Å². The number of benzene rings is 2. The molecule has 1 unspecified atom stereocenters. The van der Waals surface area contributed by atoms with Gasteiger partial charge in [-0.15, -0.1) is 11.3 Å². The summed E-state index contributed by atoms with van der Waals surface area (Å²) in [5.74, 6) is -1.76. The van der Waals surface area contributed by atoms with Crippen molar-refractivity contribution in [3.8, 4) is 10.4 Å².